The Morgan fingerprint density at radius 1 is 1.03 bits per heavy atom. The maximum absolute atomic E-state index is 13.1. The molecule has 3 atom stereocenters. The number of hydrogen-bond acceptors (Lipinski definition) is 4. The van der Waals surface area contributed by atoms with E-state index in [1.165, 1.54) is 18.4 Å². The highest BCUT2D eigenvalue weighted by atomic mass is 16.6. The molecule has 31 heavy (non-hydrogen) atoms. The van der Waals surface area contributed by atoms with Gasteiger partial charge in [0.15, 0.2) is 0 Å². The minimum absolute atomic E-state index is 0.0838. The van der Waals surface area contributed by atoms with E-state index in [-0.39, 0.29) is 28.5 Å². The number of allylic oxidation sites excluding steroid dienone is 2. The Morgan fingerprint density at radius 3 is 2.48 bits per heavy atom. The maximum Gasteiger partial charge on any atom is 0.269 e. The maximum atomic E-state index is 13.1. The Balaban J connectivity index is 1.43. The number of nitrogens with zero attached hydrogens (tertiary/aromatic N) is 2. The largest absolute Gasteiger partial charge is 0.378 e. The van der Waals surface area contributed by atoms with Crippen LogP contribution in [0, 0.1) is 16.0 Å². The normalized spacial score (nSPS) is 24.6. The van der Waals surface area contributed by atoms with Gasteiger partial charge >= 0.3 is 0 Å². The molecular weight excluding hydrogens is 390 g/mol. The van der Waals surface area contributed by atoms with Crippen molar-refractivity contribution in [1.29, 1.82) is 0 Å². The summed E-state index contributed by atoms with van der Waals surface area (Å²) in [5.74, 6) is 0.714. The molecule has 0 unspecified atom stereocenters. The highest BCUT2D eigenvalue weighted by molar-refractivity contribution is 5.95. The third-order valence-corrected chi connectivity index (χ3v) is 6.97. The minimum atomic E-state index is -0.365. The lowest BCUT2D eigenvalue weighted by Gasteiger charge is -2.37. The minimum Gasteiger partial charge on any atom is -0.378 e. The zero-order chi connectivity index (χ0) is 21.4. The molecule has 0 bridgehead atoms. The number of non-ortho nitro benzene ring substituents is 1. The number of nitro groups is 1. The van der Waals surface area contributed by atoms with Crippen molar-refractivity contribution in [3.63, 3.8) is 0 Å². The first-order valence-electron chi connectivity index (χ1n) is 11.2. The van der Waals surface area contributed by atoms with Gasteiger partial charge in [0.05, 0.1) is 11.0 Å². The number of nitro benzene ring substituents is 1. The van der Waals surface area contributed by atoms with Crippen LogP contribution < -0.4 is 5.32 Å². The van der Waals surface area contributed by atoms with Crippen LogP contribution in [-0.2, 0) is 0 Å². The van der Waals surface area contributed by atoms with E-state index in [1.807, 2.05) is 29.2 Å². The number of amides is 1. The van der Waals surface area contributed by atoms with Crippen molar-refractivity contribution in [2.75, 3.05) is 18.4 Å². The second-order valence-corrected chi connectivity index (χ2v) is 8.83. The number of anilines is 1. The molecule has 6 nitrogen and oxygen atoms in total. The van der Waals surface area contributed by atoms with Crippen LogP contribution in [0.25, 0.3) is 0 Å². The van der Waals surface area contributed by atoms with Crippen LogP contribution in [0.2, 0.25) is 0 Å². The van der Waals surface area contributed by atoms with Crippen molar-refractivity contribution in [3.05, 3.63) is 81.4 Å². The zero-order valence-corrected chi connectivity index (χ0v) is 17.5. The second kappa shape index (κ2) is 8.17. The number of rotatable bonds is 3. The van der Waals surface area contributed by atoms with E-state index in [0.717, 1.165) is 49.2 Å². The molecule has 1 amide bonds. The van der Waals surface area contributed by atoms with Gasteiger partial charge in [0.25, 0.3) is 11.6 Å². The number of carbonyl (C=O) groups is 1. The molecule has 0 radical (unpaired) electrons. The third kappa shape index (κ3) is 3.71. The summed E-state index contributed by atoms with van der Waals surface area (Å²) in [5.41, 5.74) is 4.16. The van der Waals surface area contributed by atoms with Crippen LogP contribution in [0.3, 0.4) is 0 Å². The fraction of sp³-hybridized carbons (Fsp3) is 0.400. The molecule has 0 spiro atoms. The molecular formula is C25H27N3O3. The lowest BCUT2D eigenvalue weighted by Crippen LogP contribution is -2.33. The summed E-state index contributed by atoms with van der Waals surface area (Å²) in [5, 5.41) is 14.7. The first-order chi connectivity index (χ1) is 15.1. The Bertz CT molecular complexity index is 1020. The van der Waals surface area contributed by atoms with Gasteiger partial charge in [-0.05, 0) is 54.5 Å². The van der Waals surface area contributed by atoms with Crippen LogP contribution in [0.1, 0.15) is 65.5 Å². The average molecular weight is 418 g/mol. The number of benzene rings is 2. The van der Waals surface area contributed by atoms with Crippen LogP contribution >= 0.6 is 0 Å². The molecule has 5 rings (SSSR count). The van der Waals surface area contributed by atoms with Gasteiger partial charge in [-0.15, -0.1) is 0 Å². The monoisotopic (exact) mass is 417 g/mol. The molecule has 3 aliphatic rings. The number of fused-ring (bicyclic) bond motifs is 3. The van der Waals surface area contributed by atoms with Crippen molar-refractivity contribution in [3.8, 4) is 0 Å². The number of carbonyl (C=O) groups excluding carboxylic acids is 1. The fourth-order valence-corrected chi connectivity index (χ4v) is 5.32. The molecule has 1 fully saturated rings. The number of likely N-dealkylation sites (tertiary alicyclic amines) is 1. The fourth-order valence-electron chi connectivity index (χ4n) is 5.32. The lowest BCUT2D eigenvalue weighted by atomic mass is 9.76. The van der Waals surface area contributed by atoms with Gasteiger partial charge in [-0.25, -0.2) is 0 Å². The number of hydrogen-bond donors (Lipinski definition) is 1. The van der Waals surface area contributed by atoms with Crippen LogP contribution in [0.15, 0.2) is 54.6 Å². The molecule has 0 saturated carbocycles. The van der Waals surface area contributed by atoms with Gasteiger partial charge in [-0.3, -0.25) is 14.9 Å². The van der Waals surface area contributed by atoms with Crippen LogP contribution in [0.5, 0.6) is 0 Å². The molecule has 2 heterocycles. The molecule has 2 aromatic rings. The molecule has 2 aromatic carbocycles. The SMILES string of the molecule is O=C(c1ccc2c(c1)[C@@H]1C=CC[C@H]1[C@@H](c1ccc([N+](=O)[O-])cc1)N2)N1CCCCCC1. The lowest BCUT2D eigenvalue weighted by molar-refractivity contribution is -0.384. The molecule has 2 aliphatic heterocycles. The molecule has 1 N–H and O–H groups in total. The summed E-state index contributed by atoms with van der Waals surface area (Å²) in [7, 11) is 0. The summed E-state index contributed by atoms with van der Waals surface area (Å²) >= 11 is 0. The van der Waals surface area contributed by atoms with Crippen molar-refractivity contribution in [2.45, 2.75) is 44.1 Å². The van der Waals surface area contributed by atoms with Crippen molar-refractivity contribution >= 4 is 17.3 Å². The third-order valence-electron chi connectivity index (χ3n) is 6.97. The van der Waals surface area contributed by atoms with E-state index < -0.39 is 0 Å². The van der Waals surface area contributed by atoms with E-state index in [1.54, 1.807) is 12.1 Å². The predicted molar refractivity (Wildman–Crippen MR) is 120 cm³/mol. The van der Waals surface area contributed by atoms with E-state index in [0.29, 0.717) is 5.92 Å². The summed E-state index contributed by atoms with van der Waals surface area (Å²) < 4.78 is 0. The van der Waals surface area contributed by atoms with Gasteiger partial charge in [-0.2, -0.15) is 0 Å². The Labute approximate surface area is 182 Å². The Morgan fingerprint density at radius 2 is 1.77 bits per heavy atom. The van der Waals surface area contributed by atoms with Gasteiger partial charge < -0.3 is 10.2 Å². The zero-order valence-electron chi connectivity index (χ0n) is 17.5. The van der Waals surface area contributed by atoms with Gasteiger partial charge in [0.1, 0.15) is 0 Å². The summed E-state index contributed by atoms with van der Waals surface area (Å²) in [6.07, 6.45) is 10.00. The van der Waals surface area contributed by atoms with Gasteiger partial charge in [0.2, 0.25) is 0 Å². The first kappa shape index (κ1) is 19.8. The van der Waals surface area contributed by atoms with Gasteiger partial charge in [0, 0.05) is 42.4 Å². The van der Waals surface area contributed by atoms with Crippen molar-refractivity contribution in [1.82, 2.24) is 4.90 Å². The topological polar surface area (TPSA) is 75.5 Å². The highest BCUT2D eigenvalue weighted by Crippen LogP contribution is 2.50. The summed E-state index contributed by atoms with van der Waals surface area (Å²) in [4.78, 5) is 25.8. The predicted octanol–water partition coefficient (Wildman–Crippen LogP) is 5.44. The van der Waals surface area contributed by atoms with Crippen molar-refractivity contribution < 1.29 is 9.72 Å². The van der Waals surface area contributed by atoms with Crippen LogP contribution in [0.4, 0.5) is 11.4 Å². The van der Waals surface area contributed by atoms with E-state index in [2.05, 4.69) is 23.5 Å². The quantitative estimate of drug-likeness (QED) is 0.410. The standard InChI is InChI=1S/C25H27N3O3/c29-25(27-14-3-1-2-4-15-27)18-10-13-23-22(16-18)20-6-5-7-21(20)24(26-23)17-8-11-19(12-9-17)28(30)31/h5-6,8-13,16,20-21,24,26H,1-4,7,14-15H2/t20-,21-,24-/m1/s1. The van der Waals surface area contributed by atoms with E-state index in [4.69, 9.17) is 0 Å². The summed E-state index contributed by atoms with van der Waals surface area (Å²) in [6.45, 7) is 1.70. The molecule has 6 heteroatoms. The summed E-state index contributed by atoms with van der Waals surface area (Å²) in [6, 6.07) is 13.0. The number of nitrogens with one attached hydrogen (secondary N) is 1. The van der Waals surface area contributed by atoms with E-state index >= 15 is 0 Å². The highest BCUT2D eigenvalue weighted by Gasteiger charge is 2.38. The average Bonchev–Trinajstić information content (AvgIpc) is 3.13. The van der Waals surface area contributed by atoms with Crippen LogP contribution in [-0.4, -0.2) is 28.8 Å². The molecule has 0 aromatic heterocycles. The van der Waals surface area contributed by atoms with Crippen molar-refractivity contribution in [2.24, 2.45) is 5.92 Å². The Hall–Kier alpha value is -3.15. The first-order valence-corrected chi connectivity index (χ1v) is 11.2. The van der Waals surface area contributed by atoms with Gasteiger partial charge in [-0.1, -0.05) is 37.1 Å². The Kier molecular flexibility index (Phi) is 5.22. The van der Waals surface area contributed by atoms with E-state index in [9.17, 15) is 14.9 Å². The molecule has 1 saturated heterocycles. The molecule has 160 valence electrons. The smallest absolute Gasteiger partial charge is 0.269 e. The second-order valence-electron chi connectivity index (χ2n) is 8.83. The molecule has 1 aliphatic carbocycles.